The Kier molecular flexibility index (Phi) is 8.89. The molecule has 0 bridgehead atoms. The smallest absolute Gasteiger partial charge is 0.246 e. The van der Waals surface area contributed by atoms with Crippen molar-refractivity contribution in [2.24, 2.45) is 5.92 Å². The van der Waals surface area contributed by atoms with Crippen LogP contribution in [-0.2, 0) is 16.1 Å². The summed E-state index contributed by atoms with van der Waals surface area (Å²) in [5.41, 5.74) is 6.18. The number of aromatic nitrogens is 5. The molecule has 2 aliphatic rings. The third-order valence-electron chi connectivity index (χ3n) is 8.47. The number of amides is 1. The van der Waals surface area contributed by atoms with Gasteiger partial charge in [-0.15, -0.1) is 11.3 Å². The number of fused-ring (bicyclic) bond motifs is 6. The minimum atomic E-state index is -0.257. The molecule has 49 heavy (non-hydrogen) atoms. The Hall–Kier alpha value is -4.74. The maximum Gasteiger partial charge on any atom is 0.246 e. The van der Waals surface area contributed by atoms with E-state index in [1.807, 2.05) is 56.3 Å². The Morgan fingerprint density at radius 3 is 2.49 bits per heavy atom. The molecule has 1 amide bonds. The molecule has 0 radical (unpaired) electrons. The van der Waals surface area contributed by atoms with Gasteiger partial charge in [0.15, 0.2) is 16.6 Å². The first-order valence-corrected chi connectivity index (χ1v) is 17.2. The molecule has 0 saturated heterocycles. The van der Waals surface area contributed by atoms with Crippen LogP contribution in [0.3, 0.4) is 0 Å². The van der Waals surface area contributed by atoms with Crippen molar-refractivity contribution in [2.75, 3.05) is 5.32 Å². The summed E-state index contributed by atoms with van der Waals surface area (Å²) in [5, 5.41) is 8.18. The Labute approximate surface area is 298 Å². The molecule has 1 N–H and O–H groups in total. The maximum atomic E-state index is 12.4. The molecule has 2 aliphatic carbocycles. The summed E-state index contributed by atoms with van der Waals surface area (Å²) >= 11 is 19.6. The van der Waals surface area contributed by atoms with Crippen LogP contribution in [0, 0.1) is 5.92 Å². The van der Waals surface area contributed by atoms with E-state index in [9.17, 15) is 14.4 Å². The Morgan fingerprint density at radius 1 is 0.959 bits per heavy atom. The van der Waals surface area contributed by atoms with Crippen molar-refractivity contribution in [2.45, 2.75) is 26.3 Å². The molecular formula is C36H25Cl3N6O3S. The lowest BCUT2D eigenvalue weighted by atomic mass is 9.79. The van der Waals surface area contributed by atoms with Crippen molar-refractivity contribution in [3.63, 3.8) is 0 Å². The number of ketones is 2. The van der Waals surface area contributed by atoms with Crippen LogP contribution in [0.5, 0.6) is 0 Å². The second-order valence-corrected chi connectivity index (χ2v) is 13.7. The number of thiazole rings is 1. The van der Waals surface area contributed by atoms with Gasteiger partial charge >= 0.3 is 0 Å². The summed E-state index contributed by atoms with van der Waals surface area (Å²) in [6, 6.07) is 15.0. The average Bonchev–Trinajstić information content (AvgIpc) is 3.70. The molecule has 2 atom stereocenters. The SMILES string of the molecule is CC1C=c2c(ccc3c2=CC(=O)c2ccccc2-3)C(C)C1=O.O=C(Cn1cnc2ncncc21)Nc1nc(-c2c(Cl)cc(Cl)cc2Cl)cs1. The van der Waals surface area contributed by atoms with Gasteiger partial charge in [-0.1, -0.05) is 91.1 Å². The first-order valence-electron chi connectivity index (χ1n) is 15.1. The number of nitrogens with zero attached hydrogens (tertiary/aromatic N) is 5. The van der Waals surface area contributed by atoms with Crippen LogP contribution in [-0.4, -0.2) is 42.0 Å². The number of rotatable bonds is 4. The van der Waals surface area contributed by atoms with E-state index in [1.165, 1.54) is 17.7 Å². The third kappa shape index (κ3) is 6.28. The van der Waals surface area contributed by atoms with E-state index in [1.54, 1.807) is 40.7 Å². The van der Waals surface area contributed by atoms with E-state index in [0.29, 0.717) is 42.6 Å². The van der Waals surface area contributed by atoms with Gasteiger partial charge in [0.2, 0.25) is 5.91 Å². The molecule has 244 valence electrons. The van der Waals surface area contributed by atoms with E-state index in [2.05, 4.69) is 25.3 Å². The number of hydrogen-bond acceptors (Lipinski definition) is 8. The normalized spacial score (nSPS) is 16.0. The zero-order valence-corrected chi connectivity index (χ0v) is 29.0. The fourth-order valence-electron chi connectivity index (χ4n) is 6.11. The quantitative estimate of drug-likeness (QED) is 0.208. The average molecular weight is 728 g/mol. The van der Waals surface area contributed by atoms with E-state index in [4.69, 9.17) is 34.8 Å². The van der Waals surface area contributed by atoms with Gasteiger partial charge in [-0.25, -0.2) is 19.9 Å². The number of nitrogens with one attached hydrogen (secondary N) is 1. The fourth-order valence-corrected chi connectivity index (χ4v) is 7.83. The molecule has 0 fully saturated rings. The number of carbonyl (C=O) groups excluding carboxylic acids is 3. The monoisotopic (exact) mass is 726 g/mol. The zero-order valence-electron chi connectivity index (χ0n) is 25.9. The number of Topliss-reactive ketones (excluding diaryl/α,β-unsaturated/α-hetero) is 2. The van der Waals surface area contributed by atoms with Gasteiger partial charge < -0.3 is 9.88 Å². The number of hydrogen-bond donors (Lipinski definition) is 1. The van der Waals surface area contributed by atoms with Crippen molar-refractivity contribution >= 4 is 92.1 Å². The molecule has 8 rings (SSSR count). The van der Waals surface area contributed by atoms with Crippen LogP contribution in [0.25, 0.3) is 45.7 Å². The molecule has 13 heteroatoms. The number of imidazole rings is 1. The van der Waals surface area contributed by atoms with Gasteiger partial charge in [-0.3, -0.25) is 14.4 Å². The second-order valence-electron chi connectivity index (χ2n) is 11.6. The van der Waals surface area contributed by atoms with Crippen LogP contribution in [0.4, 0.5) is 5.13 Å². The van der Waals surface area contributed by atoms with Crippen LogP contribution in [0.15, 0.2) is 72.8 Å². The molecule has 2 unspecified atom stereocenters. The highest BCUT2D eigenvalue weighted by Crippen LogP contribution is 2.38. The lowest BCUT2D eigenvalue weighted by Gasteiger charge is -2.23. The standard InChI is InChI=1S/C20H16O2.C16H9Cl3N6OS/c1-11-9-17-13(12(2)20(11)22)7-8-15-14-5-3-4-6-16(14)19(21)10-18(15)17;17-8-1-9(18)14(10(19)2-8)11-5-27-16(23-11)24-13(26)4-25-7-22-15-12(25)3-20-6-21-15/h3-12H,1-2H3;1-3,5-7H,4H2,(H,23,24,26). The number of halogens is 3. The van der Waals surface area contributed by atoms with Crippen molar-refractivity contribution < 1.29 is 14.4 Å². The first-order chi connectivity index (χ1) is 23.6. The summed E-state index contributed by atoms with van der Waals surface area (Å²) in [4.78, 5) is 53.5. The summed E-state index contributed by atoms with van der Waals surface area (Å²) in [7, 11) is 0. The molecule has 6 aromatic rings. The van der Waals surface area contributed by atoms with E-state index >= 15 is 0 Å². The molecule has 0 aliphatic heterocycles. The highest BCUT2D eigenvalue weighted by atomic mass is 35.5. The van der Waals surface area contributed by atoms with Gasteiger partial charge in [-0.05, 0) is 45.3 Å². The highest BCUT2D eigenvalue weighted by Gasteiger charge is 2.27. The van der Waals surface area contributed by atoms with E-state index < -0.39 is 0 Å². The predicted molar refractivity (Wildman–Crippen MR) is 194 cm³/mol. The van der Waals surface area contributed by atoms with Crippen LogP contribution < -0.4 is 15.8 Å². The first kappa shape index (κ1) is 32.8. The largest absolute Gasteiger partial charge is 0.318 e. The number of benzene rings is 3. The molecular weight excluding hydrogens is 703 g/mol. The summed E-state index contributed by atoms with van der Waals surface area (Å²) in [6.07, 6.45) is 8.29. The molecule has 0 saturated carbocycles. The molecule has 3 heterocycles. The van der Waals surface area contributed by atoms with Crippen LogP contribution in [0.2, 0.25) is 15.1 Å². The predicted octanol–water partition coefficient (Wildman–Crippen LogP) is 6.98. The van der Waals surface area contributed by atoms with E-state index in [0.717, 1.165) is 32.7 Å². The Balaban J connectivity index is 0.000000157. The van der Waals surface area contributed by atoms with Crippen molar-refractivity contribution in [3.8, 4) is 22.4 Å². The molecule has 3 aromatic carbocycles. The zero-order chi connectivity index (χ0) is 34.4. The van der Waals surface area contributed by atoms with E-state index in [-0.39, 0.29) is 35.9 Å². The third-order valence-corrected chi connectivity index (χ3v) is 10.0. The van der Waals surface area contributed by atoms with Gasteiger partial charge in [0.05, 0.1) is 28.3 Å². The minimum absolute atomic E-state index is 0.0436. The second kappa shape index (κ2) is 13.3. The minimum Gasteiger partial charge on any atom is -0.318 e. The molecule has 0 spiro atoms. The van der Waals surface area contributed by atoms with Gasteiger partial charge in [0.1, 0.15) is 24.2 Å². The Bertz CT molecular complexity index is 2430. The van der Waals surface area contributed by atoms with Gasteiger partial charge in [0.25, 0.3) is 0 Å². The maximum absolute atomic E-state index is 12.4. The number of carbonyl (C=O) groups is 3. The van der Waals surface area contributed by atoms with Crippen molar-refractivity contribution in [1.82, 2.24) is 24.5 Å². The van der Waals surface area contributed by atoms with Crippen LogP contribution >= 0.6 is 46.1 Å². The fraction of sp³-hybridized carbons (Fsp3) is 0.139. The van der Waals surface area contributed by atoms with Crippen LogP contribution in [0.1, 0.15) is 35.7 Å². The molecule has 3 aromatic heterocycles. The summed E-state index contributed by atoms with van der Waals surface area (Å²) in [5.74, 6) is -0.180. The molecule has 9 nitrogen and oxygen atoms in total. The lowest BCUT2D eigenvalue weighted by Crippen LogP contribution is -2.40. The van der Waals surface area contributed by atoms with Crippen molar-refractivity contribution in [1.29, 1.82) is 0 Å². The summed E-state index contributed by atoms with van der Waals surface area (Å²) in [6.45, 7) is 3.94. The summed E-state index contributed by atoms with van der Waals surface area (Å²) < 4.78 is 1.66. The van der Waals surface area contributed by atoms with Gasteiger partial charge in [-0.2, -0.15) is 0 Å². The highest BCUT2D eigenvalue weighted by molar-refractivity contribution is 7.14. The topological polar surface area (TPSA) is 120 Å². The number of anilines is 1. The lowest BCUT2D eigenvalue weighted by molar-refractivity contribution is -0.122. The Morgan fingerprint density at radius 2 is 1.71 bits per heavy atom. The van der Waals surface area contributed by atoms with Crippen molar-refractivity contribution in [3.05, 3.63) is 109 Å². The van der Waals surface area contributed by atoms with Gasteiger partial charge in [0, 0.05) is 33.4 Å².